The van der Waals surface area contributed by atoms with Crippen molar-refractivity contribution in [1.29, 1.82) is 0 Å². The minimum atomic E-state index is -0.0271. The van der Waals surface area contributed by atoms with Crippen LogP contribution in [0.25, 0.3) is 22.3 Å². The Morgan fingerprint density at radius 1 is 0.667 bits per heavy atom. The first-order valence-corrected chi connectivity index (χ1v) is 9.87. The van der Waals surface area contributed by atoms with Gasteiger partial charge in [-0.3, -0.25) is 0 Å². The van der Waals surface area contributed by atoms with E-state index in [0.717, 1.165) is 26.1 Å². The molecule has 0 bridgehead atoms. The van der Waals surface area contributed by atoms with Crippen molar-refractivity contribution in [2.24, 2.45) is 0 Å². The summed E-state index contributed by atoms with van der Waals surface area (Å²) in [6, 6.07) is 26.5. The Morgan fingerprint density at radius 3 is 1.96 bits per heavy atom. The van der Waals surface area contributed by atoms with Crippen LogP contribution in [-0.2, 0) is 14.9 Å². The van der Waals surface area contributed by atoms with Crippen molar-refractivity contribution in [2.75, 3.05) is 13.2 Å². The average Bonchev–Trinajstić information content (AvgIpc) is 3.65. The number of epoxide rings is 2. The summed E-state index contributed by atoms with van der Waals surface area (Å²) in [7, 11) is 0. The molecule has 2 nitrogen and oxygen atoms in total. The van der Waals surface area contributed by atoms with Crippen LogP contribution in [0.2, 0.25) is 0 Å². The molecule has 0 saturated carbocycles. The van der Waals surface area contributed by atoms with E-state index in [2.05, 4.69) is 72.8 Å². The zero-order valence-corrected chi connectivity index (χ0v) is 15.2. The molecule has 0 amide bonds. The third-order valence-corrected chi connectivity index (χ3v) is 6.32. The molecule has 2 unspecified atom stereocenters. The van der Waals surface area contributed by atoms with Gasteiger partial charge in [0.25, 0.3) is 0 Å². The quantitative estimate of drug-likeness (QED) is 0.589. The van der Waals surface area contributed by atoms with Gasteiger partial charge >= 0.3 is 0 Å². The first-order chi connectivity index (χ1) is 13.4. The molecule has 0 aromatic heterocycles. The Balaban J connectivity index is 1.64. The van der Waals surface area contributed by atoms with Gasteiger partial charge in [0, 0.05) is 5.41 Å². The molecule has 2 heterocycles. The Bertz CT molecular complexity index is 986. The second-order valence-corrected chi connectivity index (χ2v) is 8.04. The second-order valence-electron chi connectivity index (χ2n) is 8.04. The van der Waals surface area contributed by atoms with Crippen LogP contribution < -0.4 is 0 Å². The van der Waals surface area contributed by atoms with Crippen molar-refractivity contribution in [3.63, 3.8) is 0 Å². The Labute approximate surface area is 159 Å². The lowest BCUT2D eigenvalue weighted by Gasteiger charge is -2.33. The largest absolute Gasteiger partial charge is 0.373 e. The van der Waals surface area contributed by atoms with E-state index >= 15 is 0 Å². The summed E-state index contributed by atoms with van der Waals surface area (Å²) in [4.78, 5) is 0. The molecular weight excluding hydrogens is 332 g/mol. The van der Waals surface area contributed by atoms with E-state index in [1.807, 2.05) is 0 Å². The molecule has 0 N–H and O–H groups in total. The lowest BCUT2D eigenvalue weighted by molar-refractivity contribution is 0.304. The van der Waals surface area contributed by atoms with Gasteiger partial charge in [-0.1, -0.05) is 72.8 Å². The lowest BCUT2D eigenvalue weighted by atomic mass is 9.69. The smallest absolute Gasteiger partial charge is 0.0821 e. The molecule has 2 heteroatoms. The molecule has 2 aliphatic heterocycles. The van der Waals surface area contributed by atoms with Gasteiger partial charge < -0.3 is 9.47 Å². The fourth-order valence-electron chi connectivity index (χ4n) is 5.08. The van der Waals surface area contributed by atoms with Crippen molar-refractivity contribution in [2.45, 2.75) is 30.5 Å². The summed E-state index contributed by atoms with van der Waals surface area (Å²) < 4.78 is 11.5. The molecule has 2 fully saturated rings. The molecule has 0 spiro atoms. The van der Waals surface area contributed by atoms with Gasteiger partial charge in [0.15, 0.2) is 0 Å². The topological polar surface area (TPSA) is 25.1 Å². The third kappa shape index (κ3) is 2.48. The molecule has 134 valence electrons. The standard InChI is InChI=1S/C25H22O2/c1-2-7-17(8-3-1)20-10-6-11-22-21-9-4-5-12-23(21)25(24(20)22,13-18-15-26-18)14-19-16-27-19/h1-12,18-19H,13-16H2. The highest BCUT2D eigenvalue weighted by molar-refractivity contribution is 5.88. The maximum atomic E-state index is 5.73. The summed E-state index contributed by atoms with van der Waals surface area (Å²) in [6.07, 6.45) is 2.82. The number of hydrogen-bond acceptors (Lipinski definition) is 2. The Morgan fingerprint density at radius 2 is 1.26 bits per heavy atom. The van der Waals surface area contributed by atoms with Crippen LogP contribution in [0.5, 0.6) is 0 Å². The maximum absolute atomic E-state index is 5.73. The van der Waals surface area contributed by atoms with Crippen LogP contribution in [0.15, 0.2) is 72.8 Å². The maximum Gasteiger partial charge on any atom is 0.0821 e. The van der Waals surface area contributed by atoms with Crippen LogP contribution in [0, 0.1) is 0 Å². The zero-order valence-electron chi connectivity index (χ0n) is 15.2. The molecule has 2 saturated heterocycles. The average molecular weight is 354 g/mol. The van der Waals surface area contributed by atoms with Gasteiger partial charge in [-0.15, -0.1) is 0 Å². The minimum Gasteiger partial charge on any atom is -0.373 e. The summed E-state index contributed by atoms with van der Waals surface area (Å²) in [6.45, 7) is 1.77. The molecule has 3 aliphatic rings. The molecule has 6 rings (SSSR count). The molecule has 3 aromatic carbocycles. The first kappa shape index (κ1) is 15.6. The van der Waals surface area contributed by atoms with Crippen molar-refractivity contribution in [1.82, 2.24) is 0 Å². The second kappa shape index (κ2) is 5.79. The fourth-order valence-corrected chi connectivity index (χ4v) is 5.08. The Kier molecular flexibility index (Phi) is 3.35. The highest BCUT2D eigenvalue weighted by Gasteiger charge is 2.50. The van der Waals surface area contributed by atoms with E-state index in [-0.39, 0.29) is 5.41 Å². The first-order valence-electron chi connectivity index (χ1n) is 9.87. The van der Waals surface area contributed by atoms with E-state index < -0.39 is 0 Å². The highest BCUT2D eigenvalue weighted by Crippen LogP contribution is 2.58. The summed E-state index contributed by atoms with van der Waals surface area (Å²) in [5.74, 6) is 0. The van der Waals surface area contributed by atoms with Gasteiger partial charge in [0.2, 0.25) is 0 Å². The van der Waals surface area contributed by atoms with Crippen LogP contribution in [0.4, 0.5) is 0 Å². The van der Waals surface area contributed by atoms with Crippen LogP contribution in [0.3, 0.4) is 0 Å². The van der Waals surface area contributed by atoms with Crippen LogP contribution in [0.1, 0.15) is 24.0 Å². The summed E-state index contributed by atoms with van der Waals surface area (Å²) in [5, 5.41) is 0. The minimum absolute atomic E-state index is 0.0271. The fraction of sp³-hybridized carbons (Fsp3) is 0.280. The lowest BCUT2D eigenvalue weighted by Crippen LogP contribution is -2.30. The van der Waals surface area contributed by atoms with E-state index in [1.54, 1.807) is 0 Å². The molecule has 0 radical (unpaired) electrons. The SMILES string of the molecule is c1ccc(-c2cccc3c2C(CC2CO2)(CC2CO2)c2ccccc2-3)cc1. The van der Waals surface area contributed by atoms with Gasteiger partial charge in [0.05, 0.1) is 25.4 Å². The van der Waals surface area contributed by atoms with E-state index in [4.69, 9.17) is 9.47 Å². The van der Waals surface area contributed by atoms with Crippen LogP contribution in [-0.4, -0.2) is 25.4 Å². The van der Waals surface area contributed by atoms with Crippen LogP contribution >= 0.6 is 0 Å². The van der Waals surface area contributed by atoms with Gasteiger partial charge in [-0.25, -0.2) is 0 Å². The zero-order chi connectivity index (χ0) is 17.8. The molecule has 27 heavy (non-hydrogen) atoms. The normalized spacial score (nSPS) is 27.1. The number of benzene rings is 3. The van der Waals surface area contributed by atoms with Crippen molar-refractivity contribution < 1.29 is 9.47 Å². The number of rotatable bonds is 5. The van der Waals surface area contributed by atoms with E-state index in [1.165, 1.54) is 33.4 Å². The number of fused-ring (bicyclic) bond motifs is 3. The van der Waals surface area contributed by atoms with Gasteiger partial charge in [0.1, 0.15) is 0 Å². The van der Waals surface area contributed by atoms with E-state index in [9.17, 15) is 0 Å². The predicted octanol–water partition coefficient (Wildman–Crippen LogP) is 5.20. The molecule has 2 atom stereocenters. The Hall–Kier alpha value is -2.42. The highest BCUT2D eigenvalue weighted by atomic mass is 16.6. The third-order valence-electron chi connectivity index (χ3n) is 6.32. The number of hydrogen-bond donors (Lipinski definition) is 0. The number of ether oxygens (including phenoxy) is 2. The summed E-state index contributed by atoms with van der Waals surface area (Å²) in [5.41, 5.74) is 8.31. The van der Waals surface area contributed by atoms with E-state index in [0.29, 0.717) is 12.2 Å². The molecule has 1 aliphatic carbocycles. The molecular formula is C25H22O2. The van der Waals surface area contributed by atoms with Crippen molar-refractivity contribution in [3.05, 3.63) is 83.9 Å². The van der Waals surface area contributed by atoms with Crippen molar-refractivity contribution >= 4 is 0 Å². The van der Waals surface area contributed by atoms with Crippen molar-refractivity contribution in [3.8, 4) is 22.3 Å². The monoisotopic (exact) mass is 354 g/mol. The molecule has 3 aromatic rings. The predicted molar refractivity (Wildman–Crippen MR) is 107 cm³/mol. The van der Waals surface area contributed by atoms with Gasteiger partial charge in [-0.2, -0.15) is 0 Å². The van der Waals surface area contributed by atoms with Gasteiger partial charge in [-0.05, 0) is 46.2 Å². The summed E-state index contributed by atoms with van der Waals surface area (Å²) >= 11 is 0.